The van der Waals surface area contributed by atoms with Gasteiger partial charge in [0.1, 0.15) is 10.8 Å². The summed E-state index contributed by atoms with van der Waals surface area (Å²) >= 11 is 1.29. The Morgan fingerprint density at radius 1 is 1.30 bits per heavy atom. The van der Waals surface area contributed by atoms with Gasteiger partial charge in [-0.1, -0.05) is 17.3 Å². The highest BCUT2D eigenvalue weighted by molar-refractivity contribution is 7.87. The lowest BCUT2D eigenvalue weighted by Crippen LogP contribution is -2.04. The van der Waals surface area contributed by atoms with Crippen molar-refractivity contribution in [1.82, 2.24) is 15.1 Å². The van der Waals surface area contributed by atoms with Crippen LogP contribution in [0, 0.1) is 6.92 Å². The normalized spacial score (nSPS) is 13.2. The summed E-state index contributed by atoms with van der Waals surface area (Å²) in [6.45, 7) is 1.84. The van der Waals surface area contributed by atoms with Crippen molar-refractivity contribution in [3.05, 3.63) is 41.2 Å². The molecule has 0 saturated heterocycles. The van der Waals surface area contributed by atoms with Crippen LogP contribution in [0.5, 0.6) is 0 Å². The number of thiazole rings is 1. The minimum absolute atomic E-state index is 0.216. The lowest BCUT2D eigenvalue weighted by Gasteiger charge is -2.00. The highest BCUT2D eigenvalue weighted by Crippen LogP contribution is 2.30. The standard InChI is InChI=1S/C13H8F3N3O2S2/c1-7-6-17-12(22-7)23(20)9-4-2-3-8(5-9)10-18-11(21-19-10)13(14,15)16/h2-6H,1H3. The summed E-state index contributed by atoms with van der Waals surface area (Å²) in [5.41, 5.74) is 0.281. The van der Waals surface area contributed by atoms with Crippen molar-refractivity contribution in [3.63, 3.8) is 0 Å². The summed E-state index contributed by atoms with van der Waals surface area (Å²) in [5.74, 6) is -1.64. The van der Waals surface area contributed by atoms with Gasteiger partial charge in [0.2, 0.25) is 5.82 Å². The molecule has 0 fully saturated rings. The Balaban J connectivity index is 1.94. The Morgan fingerprint density at radius 3 is 2.70 bits per heavy atom. The van der Waals surface area contributed by atoms with E-state index in [1.807, 2.05) is 6.92 Å². The molecule has 0 radical (unpaired) electrons. The molecule has 1 aromatic carbocycles. The second kappa shape index (κ2) is 5.85. The molecule has 1 unspecified atom stereocenters. The number of rotatable bonds is 3. The monoisotopic (exact) mass is 359 g/mol. The molecule has 2 aromatic heterocycles. The van der Waals surface area contributed by atoms with E-state index in [1.54, 1.807) is 18.3 Å². The molecule has 1 atom stereocenters. The van der Waals surface area contributed by atoms with Crippen molar-refractivity contribution in [3.8, 4) is 11.4 Å². The molecule has 0 N–H and O–H groups in total. The molecule has 0 spiro atoms. The maximum absolute atomic E-state index is 12.5. The average Bonchev–Trinajstić information content (AvgIpc) is 3.15. The van der Waals surface area contributed by atoms with Gasteiger partial charge in [-0.05, 0) is 19.1 Å². The predicted molar refractivity (Wildman–Crippen MR) is 76.3 cm³/mol. The van der Waals surface area contributed by atoms with E-state index in [0.717, 1.165) is 4.88 Å². The summed E-state index contributed by atoms with van der Waals surface area (Å²) in [5, 5.41) is 3.31. The molecule has 0 bridgehead atoms. The largest absolute Gasteiger partial charge is 0.471 e. The summed E-state index contributed by atoms with van der Waals surface area (Å²) in [6.07, 6.45) is -3.10. The highest BCUT2D eigenvalue weighted by Gasteiger charge is 2.38. The first-order valence-electron chi connectivity index (χ1n) is 6.20. The lowest BCUT2D eigenvalue weighted by atomic mass is 10.2. The Bertz CT molecular complexity index is 873. The number of halogens is 3. The van der Waals surface area contributed by atoms with Crippen LogP contribution >= 0.6 is 11.3 Å². The third-order valence-electron chi connectivity index (χ3n) is 2.73. The predicted octanol–water partition coefficient (Wildman–Crippen LogP) is 3.69. The van der Waals surface area contributed by atoms with Gasteiger partial charge in [-0.15, -0.1) is 11.3 Å². The van der Waals surface area contributed by atoms with Crippen LogP contribution in [-0.2, 0) is 17.0 Å². The number of aryl methyl sites for hydroxylation is 1. The van der Waals surface area contributed by atoms with E-state index < -0.39 is 22.9 Å². The van der Waals surface area contributed by atoms with Crippen molar-refractivity contribution in [2.45, 2.75) is 22.3 Å². The number of nitrogens with zero attached hydrogens (tertiary/aromatic N) is 3. The fourth-order valence-electron chi connectivity index (χ4n) is 1.73. The Labute approximate surface area is 134 Å². The molecule has 0 aliphatic carbocycles. The summed E-state index contributed by atoms with van der Waals surface area (Å²) < 4.78 is 54.5. The van der Waals surface area contributed by atoms with Crippen molar-refractivity contribution < 1.29 is 21.9 Å². The number of alkyl halides is 3. The smallest absolute Gasteiger partial charge is 0.329 e. The topological polar surface area (TPSA) is 68.9 Å². The molecular weight excluding hydrogens is 351 g/mol. The van der Waals surface area contributed by atoms with Gasteiger partial charge < -0.3 is 4.52 Å². The van der Waals surface area contributed by atoms with Crippen molar-refractivity contribution >= 4 is 22.1 Å². The van der Waals surface area contributed by atoms with Gasteiger partial charge >= 0.3 is 12.1 Å². The SMILES string of the molecule is Cc1cnc(S(=O)c2cccc(-c3noc(C(F)(F)F)n3)c2)s1. The van der Waals surface area contributed by atoms with Gasteiger partial charge in [-0.3, -0.25) is 0 Å². The molecule has 3 rings (SSSR count). The van der Waals surface area contributed by atoms with Gasteiger partial charge in [0.15, 0.2) is 4.34 Å². The molecule has 3 aromatic rings. The fraction of sp³-hybridized carbons (Fsp3) is 0.154. The van der Waals surface area contributed by atoms with E-state index in [2.05, 4.69) is 19.6 Å². The minimum Gasteiger partial charge on any atom is -0.329 e. The van der Waals surface area contributed by atoms with Gasteiger partial charge in [0.25, 0.3) is 0 Å². The molecule has 0 aliphatic heterocycles. The van der Waals surface area contributed by atoms with Gasteiger partial charge in [-0.25, -0.2) is 9.19 Å². The third kappa shape index (κ3) is 3.32. The van der Waals surface area contributed by atoms with E-state index >= 15 is 0 Å². The second-order valence-electron chi connectivity index (χ2n) is 4.45. The Hall–Kier alpha value is -2.07. The number of aromatic nitrogens is 3. The van der Waals surface area contributed by atoms with Crippen molar-refractivity contribution in [2.24, 2.45) is 0 Å². The van der Waals surface area contributed by atoms with Crippen molar-refractivity contribution in [2.75, 3.05) is 0 Å². The summed E-state index contributed by atoms with van der Waals surface area (Å²) in [7, 11) is -1.52. The molecular formula is C13H8F3N3O2S2. The van der Waals surface area contributed by atoms with E-state index in [0.29, 0.717) is 9.24 Å². The number of hydrogen-bond donors (Lipinski definition) is 0. The lowest BCUT2D eigenvalue weighted by molar-refractivity contribution is -0.159. The average molecular weight is 359 g/mol. The number of benzene rings is 1. The van der Waals surface area contributed by atoms with E-state index in [9.17, 15) is 17.4 Å². The summed E-state index contributed by atoms with van der Waals surface area (Å²) in [4.78, 5) is 8.68. The maximum Gasteiger partial charge on any atom is 0.471 e. The van der Waals surface area contributed by atoms with Crippen LogP contribution in [0.1, 0.15) is 10.8 Å². The fourth-order valence-corrected chi connectivity index (χ4v) is 3.99. The maximum atomic E-state index is 12.5. The first kappa shape index (κ1) is 15.8. The van der Waals surface area contributed by atoms with Gasteiger partial charge in [0.05, 0.1) is 0 Å². The zero-order chi connectivity index (χ0) is 16.6. The Morgan fingerprint density at radius 2 is 2.09 bits per heavy atom. The quantitative estimate of drug-likeness (QED) is 0.713. The molecule has 0 aliphatic rings. The molecule has 5 nitrogen and oxygen atoms in total. The molecule has 23 heavy (non-hydrogen) atoms. The molecule has 2 heterocycles. The van der Waals surface area contributed by atoms with Crippen molar-refractivity contribution in [1.29, 1.82) is 0 Å². The zero-order valence-corrected chi connectivity index (χ0v) is 13.1. The first-order chi connectivity index (χ1) is 10.8. The van der Waals surface area contributed by atoms with Crippen LogP contribution in [0.4, 0.5) is 13.2 Å². The summed E-state index contributed by atoms with van der Waals surface area (Å²) in [6, 6.07) is 6.13. The van der Waals surface area contributed by atoms with Gasteiger partial charge in [0, 0.05) is 21.5 Å². The van der Waals surface area contributed by atoms with Crippen LogP contribution < -0.4 is 0 Å². The van der Waals surface area contributed by atoms with Crippen LogP contribution in [0.3, 0.4) is 0 Å². The highest BCUT2D eigenvalue weighted by atomic mass is 32.2. The van der Waals surface area contributed by atoms with E-state index in [-0.39, 0.29) is 11.4 Å². The Kier molecular flexibility index (Phi) is 4.02. The van der Waals surface area contributed by atoms with Crippen LogP contribution in [0.2, 0.25) is 0 Å². The molecule has 120 valence electrons. The van der Waals surface area contributed by atoms with E-state index in [4.69, 9.17) is 0 Å². The first-order valence-corrected chi connectivity index (χ1v) is 8.17. The third-order valence-corrected chi connectivity index (χ3v) is 5.25. The van der Waals surface area contributed by atoms with Crippen LogP contribution in [-0.4, -0.2) is 19.3 Å². The van der Waals surface area contributed by atoms with Crippen LogP contribution in [0.25, 0.3) is 11.4 Å². The van der Waals surface area contributed by atoms with Crippen LogP contribution in [0.15, 0.2) is 44.2 Å². The zero-order valence-electron chi connectivity index (χ0n) is 11.5. The molecule has 10 heteroatoms. The molecule has 0 amide bonds. The van der Waals surface area contributed by atoms with Gasteiger partial charge in [-0.2, -0.15) is 18.2 Å². The number of hydrogen-bond acceptors (Lipinski definition) is 6. The molecule has 0 saturated carbocycles. The minimum atomic E-state index is -4.70. The van der Waals surface area contributed by atoms with E-state index in [1.165, 1.54) is 23.5 Å². The second-order valence-corrected chi connectivity index (χ2v) is 7.34.